The van der Waals surface area contributed by atoms with Gasteiger partial charge in [-0.3, -0.25) is 23.7 Å². The van der Waals surface area contributed by atoms with E-state index >= 15 is 0 Å². The van der Waals surface area contributed by atoms with Gasteiger partial charge in [0.2, 0.25) is 0 Å². The number of hydrogen-bond donors (Lipinski definition) is 0. The quantitative estimate of drug-likeness (QED) is 0.456. The minimum atomic E-state index is -0.568. The lowest BCUT2D eigenvalue weighted by atomic mass is 10.2. The van der Waals surface area contributed by atoms with E-state index in [0.29, 0.717) is 29.3 Å². The molecule has 0 saturated heterocycles. The molecule has 8 nitrogen and oxygen atoms in total. The lowest BCUT2D eigenvalue weighted by Crippen LogP contribution is -2.40. The standard InChI is InChI=1S/C22H31N3O5S/c1-7-14-10-15(14)25-19(27)18-13(2)16(11-23-12-17(26)30-22(3,4)5)31-20(18)24(21(25)28)8-9-29-6/h11,14-15H,7-10,12H2,1-6H3. The fourth-order valence-electron chi connectivity index (χ4n) is 3.74. The Kier molecular flexibility index (Phi) is 6.85. The normalized spacial score (nSPS) is 18.8. The van der Waals surface area contributed by atoms with Gasteiger partial charge in [-0.2, -0.15) is 0 Å². The van der Waals surface area contributed by atoms with Gasteiger partial charge in [0, 0.05) is 19.4 Å². The fourth-order valence-corrected chi connectivity index (χ4v) is 4.95. The van der Waals surface area contributed by atoms with Crippen molar-refractivity contribution < 1.29 is 14.3 Å². The summed E-state index contributed by atoms with van der Waals surface area (Å²) in [5.41, 5.74) is -0.322. The van der Waals surface area contributed by atoms with E-state index in [-0.39, 0.29) is 23.8 Å². The van der Waals surface area contributed by atoms with Crippen molar-refractivity contribution in [2.24, 2.45) is 10.9 Å². The van der Waals surface area contributed by atoms with E-state index < -0.39 is 11.6 Å². The molecule has 0 bridgehead atoms. The second kappa shape index (κ2) is 9.08. The summed E-state index contributed by atoms with van der Waals surface area (Å²) < 4.78 is 13.5. The monoisotopic (exact) mass is 449 g/mol. The molecular weight excluding hydrogens is 418 g/mol. The third kappa shape index (κ3) is 4.98. The Morgan fingerprint density at radius 3 is 2.61 bits per heavy atom. The number of methoxy groups -OCH3 is 1. The third-order valence-corrected chi connectivity index (χ3v) is 6.64. The third-order valence-electron chi connectivity index (χ3n) is 5.39. The minimum absolute atomic E-state index is 0.0354. The SMILES string of the molecule is CCC1CC1n1c(=O)c2c(C)c(C=NCC(=O)OC(C)(C)C)sc2n(CCOC)c1=O. The summed E-state index contributed by atoms with van der Waals surface area (Å²) in [6, 6.07) is -0.0354. The number of carbonyl (C=O) groups is 1. The van der Waals surface area contributed by atoms with Crippen LogP contribution in [0.3, 0.4) is 0 Å². The Morgan fingerprint density at radius 2 is 2.03 bits per heavy atom. The molecule has 0 aliphatic heterocycles. The lowest BCUT2D eigenvalue weighted by Gasteiger charge is -2.18. The first-order chi connectivity index (χ1) is 14.6. The largest absolute Gasteiger partial charge is 0.459 e. The van der Waals surface area contributed by atoms with Crippen LogP contribution < -0.4 is 11.2 Å². The second-order valence-corrected chi connectivity index (χ2v) is 9.93. The zero-order valence-corrected chi connectivity index (χ0v) is 19.9. The Hall–Kier alpha value is -2.26. The summed E-state index contributed by atoms with van der Waals surface area (Å²) in [5.74, 6) is -0.0475. The summed E-state index contributed by atoms with van der Waals surface area (Å²) in [6.07, 6.45) is 3.39. The van der Waals surface area contributed by atoms with Gasteiger partial charge in [0.1, 0.15) is 17.0 Å². The highest BCUT2D eigenvalue weighted by atomic mass is 32.1. The maximum atomic E-state index is 13.3. The van der Waals surface area contributed by atoms with Gasteiger partial charge in [-0.05, 0) is 45.6 Å². The zero-order chi connectivity index (χ0) is 22.9. The van der Waals surface area contributed by atoms with Gasteiger partial charge in [-0.15, -0.1) is 11.3 Å². The molecule has 9 heteroatoms. The topological polar surface area (TPSA) is 91.9 Å². The van der Waals surface area contributed by atoms with Crippen molar-refractivity contribution in [2.75, 3.05) is 20.3 Å². The molecule has 1 fully saturated rings. The van der Waals surface area contributed by atoms with E-state index in [1.54, 1.807) is 38.7 Å². The number of esters is 1. The molecule has 170 valence electrons. The van der Waals surface area contributed by atoms with Gasteiger partial charge in [0.15, 0.2) is 0 Å². The molecule has 31 heavy (non-hydrogen) atoms. The molecular formula is C22H31N3O5S. The fraction of sp³-hybridized carbons (Fsp3) is 0.636. The second-order valence-electron chi connectivity index (χ2n) is 8.90. The first-order valence-electron chi connectivity index (χ1n) is 10.6. The number of ether oxygens (including phenoxy) is 2. The molecule has 0 aromatic carbocycles. The van der Waals surface area contributed by atoms with Crippen LogP contribution in [0.25, 0.3) is 10.2 Å². The van der Waals surface area contributed by atoms with Crippen molar-refractivity contribution in [3.8, 4) is 0 Å². The molecule has 2 heterocycles. The van der Waals surface area contributed by atoms with E-state index in [2.05, 4.69) is 11.9 Å². The molecule has 0 N–H and O–H groups in total. The predicted molar refractivity (Wildman–Crippen MR) is 123 cm³/mol. The van der Waals surface area contributed by atoms with Crippen molar-refractivity contribution in [3.63, 3.8) is 0 Å². The summed E-state index contributed by atoms with van der Waals surface area (Å²) in [6.45, 7) is 9.97. The molecule has 1 aliphatic rings. The Bertz CT molecular complexity index is 1120. The number of aromatic nitrogens is 2. The average Bonchev–Trinajstić information content (AvgIpc) is 3.37. The number of thiophene rings is 1. The first kappa shape index (κ1) is 23.4. The molecule has 1 saturated carbocycles. The molecule has 2 atom stereocenters. The van der Waals surface area contributed by atoms with Gasteiger partial charge in [-0.1, -0.05) is 13.3 Å². The summed E-state index contributed by atoms with van der Waals surface area (Å²) >= 11 is 1.33. The molecule has 2 unspecified atom stereocenters. The van der Waals surface area contributed by atoms with Gasteiger partial charge < -0.3 is 9.47 Å². The van der Waals surface area contributed by atoms with Gasteiger partial charge in [0.25, 0.3) is 5.56 Å². The highest BCUT2D eigenvalue weighted by Crippen LogP contribution is 2.44. The molecule has 3 rings (SSSR count). The summed E-state index contributed by atoms with van der Waals surface area (Å²) in [5, 5.41) is 0.543. The number of nitrogens with zero attached hydrogens (tertiary/aromatic N) is 3. The van der Waals surface area contributed by atoms with E-state index in [4.69, 9.17) is 9.47 Å². The average molecular weight is 450 g/mol. The number of fused-ring (bicyclic) bond motifs is 1. The smallest absolute Gasteiger partial charge is 0.332 e. The van der Waals surface area contributed by atoms with Crippen LogP contribution in [-0.4, -0.2) is 47.2 Å². The first-order valence-corrected chi connectivity index (χ1v) is 11.4. The summed E-state index contributed by atoms with van der Waals surface area (Å²) in [7, 11) is 1.58. The molecule has 0 radical (unpaired) electrons. The number of carbonyl (C=O) groups excluding carboxylic acids is 1. The van der Waals surface area contributed by atoms with Crippen molar-refractivity contribution in [1.82, 2.24) is 9.13 Å². The van der Waals surface area contributed by atoms with Gasteiger partial charge >= 0.3 is 11.7 Å². The maximum Gasteiger partial charge on any atom is 0.332 e. The van der Waals surface area contributed by atoms with Gasteiger partial charge in [-0.25, -0.2) is 4.79 Å². The van der Waals surface area contributed by atoms with E-state index in [1.807, 2.05) is 6.92 Å². The van der Waals surface area contributed by atoms with Crippen molar-refractivity contribution in [3.05, 3.63) is 31.3 Å². The molecule has 2 aromatic rings. The molecule has 0 spiro atoms. The Morgan fingerprint density at radius 1 is 1.32 bits per heavy atom. The Balaban J connectivity index is 2.02. The highest BCUT2D eigenvalue weighted by Gasteiger charge is 2.40. The van der Waals surface area contributed by atoms with E-state index in [9.17, 15) is 14.4 Å². The predicted octanol–water partition coefficient (Wildman–Crippen LogP) is 2.91. The van der Waals surface area contributed by atoms with Crippen LogP contribution in [0.2, 0.25) is 0 Å². The van der Waals surface area contributed by atoms with Crippen LogP contribution in [0, 0.1) is 12.8 Å². The number of aryl methyl sites for hydroxylation is 1. The maximum absolute atomic E-state index is 13.3. The van der Waals surface area contributed by atoms with Crippen LogP contribution >= 0.6 is 11.3 Å². The van der Waals surface area contributed by atoms with E-state index in [0.717, 1.165) is 23.3 Å². The van der Waals surface area contributed by atoms with Crippen LogP contribution in [0.5, 0.6) is 0 Å². The molecule has 2 aromatic heterocycles. The van der Waals surface area contributed by atoms with Gasteiger partial charge in [0.05, 0.1) is 23.4 Å². The van der Waals surface area contributed by atoms with E-state index in [1.165, 1.54) is 15.9 Å². The van der Waals surface area contributed by atoms with Crippen molar-refractivity contribution in [1.29, 1.82) is 0 Å². The Labute approximate surface area is 185 Å². The molecule has 1 aliphatic carbocycles. The minimum Gasteiger partial charge on any atom is -0.459 e. The van der Waals surface area contributed by atoms with Crippen LogP contribution in [-0.2, 0) is 20.8 Å². The molecule has 0 amide bonds. The van der Waals surface area contributed by atoms with Crippen LogP contribution in [0.4, 0.5) is 0 Å². The number of aliphatic imine (C=N–C) groups is 1. The number of hydrogen-bond acceptors (Lipinski definition) is 7. The van der Waals surface area contributed by atoms with Crippen molar-refractivity contribution >= 4 is 33.7 Å². The number of rotatable bonds is 8. The van der Waals surface area contributed by atoms with Crippen LogP contribution in [0.1, 0.15) is 57.0 Å². The van der Waals surface area contributed by atoms with Crippen molar-refractivity contribution in [2.45, 2.75) is 65.6 Å². The lowest BCUT2D eigenvalue weighted by molar-refractivity contribution is -0.152. The zero-order valence-electron chi connectivity index (χ0n) is 19.1. The summed E-state index contributed by atoms with van der Waals surface area (Å²) in [4.78, 5) is 44.0. The van der Waals surface area contributed by atoms with Crippen LogP contribution in [0.15, 0.2) is 14.6 Å². The highest BCUT2D eigenvalue weighted by molar-refractivity contribution is 7.20.